The molecule has 1 aromatic heterocycles. The summed E-state index contributed by atoms with van der Waals surface area (Å²) in [5, 5.41) is 3.15. The summed E-state index contributed by atoms with van der Waals surface area (Å²) in [6, 6.07) is 10.1. The molecule has 0 aliphatic rings. The maximum absolute atomic E-state index is 5.03. The highest BCUT2D eigenvalue weighted by Gasteiger charge is 1.98. The highest BCUT2D eigenvalue weighted by molar-refractivity contribution is 5.30. The SMILES string of the molecule is COc1ccnc(NCc2ccc(C)cc2)n1. The predicted molar refractivity (Wildman–Crippen MR) is 67.1 cm³/mol. The van der Waals surface area contributed by atoms with Crippen molar-refractivity contribution in [2.45, 2.75) is 13.5 Å². The summed E-state index contributed by atoms with van der Waals surface area (Å²) in [7, 11) is 1.59. The number of aryl methyl sites for hydroxylation is 1. The molecule has 0 amide bonds. The van der Waals surface area contributed by atoms with Crippen LogP contribution >= 0.6 is 0 Å². The Bertz CT molecular complexity index is 482. The Balaban J connectivity index is 1.99. The van der Waals surface area contributed by atoms with E-state index in [1.165, 1.54) is 11.1 Å². The van der Waals surface area contributed by atoms with E-state index in [9.17, 15) is 0 Å². The minimum absolute atomic E-state index is 0.561. The van der Waals surface area contributed by atoms with Gasteiger partial charge in [-0.25, -0.2) is 4.98 Å². The third-order valence-electron chi connectivity index (χ3n) is 2.41. The topological polar surface area (TPSA) is 47.0 Å². The first-order valence-corrected chi connectivity index (χ1v) is 5.44. The summed E-state index contributed by atoms with van der Waals surface area (Å²) in [4.78, 5) is 8.30. The fraction of sp³-hybridized carbons (Fsp3) is 0.231. The van der Waals surface area contributed by atoms with Crippen LogP contribution in [0.4, 0.5) is 5.95 Å². The fourth-order valence-electron chi connectivity index (χ4n) is 1.43. The number of ether oxygens (including phenoxy) is 1. The molecule has 0 saturated heterocycles. The van der Waals surface area contributed by atoms with Crippen LogP contribution in [0, 0.1) is 6.92 Å². The van der Waals surface area contributed by atoms with Gasteiger partial charge in [-0.2, -0.15) is 4.98 Å². The average molecular weight is 229 g/mol. The average Bonchev–Trinajstić information content (AvgIpc) is 2.38. The van der Waals surface area contributed by atoms with E-state index in [-0.39, 0.29) is 0 Å². The molecule has 1 N–H and O–H groups in total. The van der Waals surface area contributed by atoms with Crippen LogP contribution in [-0.2, 0) is 6.54 Å². The normalized spacial score (nSPS) is 10.0. The Kier molecular flexibility index (Phi) is 3.55. The lowest BCUT2D eigenvalue weighted by Gasteiger charge is -2.06. The van der Waals surface area contributed by atoms with Crippen molar-refractivity contribution < 1.29 is 4.74 Å². The van der Waals surface area contributed by atoms with Crippen molar-refractivity contribution in [3.8, 4) is 5.88 Å². The smallest absolute Gasteiger partial charge is 0.226 e. The fourth-order valence-corrected chi connectivity index (χ4v) is 1.43. The minimum Gasteiger partial charge on any atom is -0.481 e. The van der Waals surface area contributed by atoms with Crippen molar-refractivity contribution >= 4 is 5.95 Å². The van der Waals surface area contributed by atoms with E-state index in [2.05, 4.69) is 46.5 Å². The van der Waals surface area contributed by atoms with E-state index in [1.807, 2.05) is 0 Å². The Morgan fingerprint density at radius 2 is 1.94 bits per heavy atom. The molecule has 4 nitrogen and oxygen atoms in total. The highest BCUT2D eigenvalue weighted by Crippen LogP contribution is 2.09. The molecule has 0 unspecified atom stereocenters. The second kappa shape index (κ2) is 5.30. The predicted octanol–water partition coefficient (Wildman–Crippen LogP) is 2.41. The number of hydrogen-bond acceptors (Lipinski definition) is 4. The monoisotopic (exact) mass is 229 g/mol. The van der Waals surface area contributed by atoms with E-state index >= 15 is 0 Å². The molecule has 1 aromatic carbocycles. The van der Waals surface area contributed by atoms with Gasteiger partial charge in [0.25, 0.3) is 0 Å². The third kappa shape index (κ3) is 3.17. The van der Waals surface area contributed by atoms with E-state index in [0.29, 0.717) is 18.4 Å². The number of nitrogens with zero attached hydrogens (tertiary/aromatic N) is 2. The quantitative estimate of drug-likeness (QED) is 0.874. The number of rotatable bonds is 4. The summed E-state index contributed by atoms with van der Waals surface area (Å²) < 4.78 is 5.03. The van der Waals surface area contributed by atoms with E-state index in [1.54, 1.807) is 19.4 Å². The Morgan fingerprint density at radius 1 is 1.18 bits per heavy atom. The van der Waals surface area contributed by atoms with Gasteiger partial charge in [-0.15, -0.1) is 0 Å². The van der Waals surface area contributed by atoms with Gasteiger partial charge >= 0.3 is 0 Å². The zero-order chi connectivity index (χ0) is 12.1. The zero-order valence-electron chi connectivity index (χ0n) is 9.97. The molecule has 0 radical (unpaired) electrons. The van der Waals surface area contributed by atoms with Crippen molar-refractivity contribution in [1.29, 1.82) is 0 Å². The number of methoxy groups -OCH3 is 1. The van der Waals surface area contributed by atoms with Gasteiger partial charge in [0.15, 0.2) is 0 Å². The van der Waals surface area contributed by atoms with Crippen LogP contribution in [0.5, 0.6) is 5.88 Å². The van der Waals surface area contributed by atoms with Gasteiger partial charge in [0, 0.05) is 18.8 Å². The maximum Gasteiger partial charge on any atom is 0.226 e. The number of aromatic nitrogens is 2. The number of nitrogens with one attached hydrogen (secondary N) is 1. The number of benzene rings is 1. The second-order valence-corrected chi connectivity index (χ2v) is 3.76. The largest absolute Gasteiger partial charge is 0.481 e. The van der Waals surface area contributed by atoms with Crippen molar-refractivity contribution in [3.05, 3.63) is 47.7 Å². The Morgan fingerprint density at radius 3 is 2.65 bits per heavy atom. The van der Waals surface area contributed by atoms with Gasteiger partial charge in [0.1, 0.15) is 0 Å². The van der Waals surface area contributed by atoms with Crippen LogP contribution in [0.2, 0.25) is 0 Å². The molecule has 17 heavy (non-hydrogen) atoms. The first kappa shape index (κ1) is 11.4. The molecule has 0 fully saturated rings. The molecule has 1 heterocycles. The first-order chi connectivity index (χ1) is 8.28. The van der Waals surface area contributed by atoms with Crippen LogP contribution in [0.15, 0.2) is 36.5 Å². The first-order valence-electron chi connectivity index (χ1n) is 5.44. The molecule has 0 aliphatic heterocycles. The van der Waals surface area contributed by atoms with Crippen molar-refractivity contribution in [1.82, 2.24) is 9.97 Å². The molecule has 4 heteroatoms. The standard InChI is InChI=1S/C13H15N3O/c1-10-3-5-11(6-4-10)9-15-13-14-8-7-12(16-13)17-2/h3-8H,9H2,1-2H3,(H,14,15,16). The molecule has 0 spiro atoms. The van der Waals surface area contributed by atoms with E-state index in [0.717, 1.165) is 0 Å². The van der Waals surface area contributed by atoms with Crippen molar-refractivity contribution in [2.75, 3.05) is 12.4 Å². The highest BCUT2D eigenvalue weighted by atomic mass is 16.5. The van der Waals surface area contributed by atoms with Crippen LogP contribution in [0.3, 0.4) is 0 Å². The number of hydrogen-bond donors (Lipinski definition) is 1. The van der Waals surface area contributed by atoms with Gasteiger partial charge in [-0.1, -0.05) is 29.8 Å². The van der Waals surface area contributed by atoms with E-state index in [4.69, 9.17) is 4.74 Å². The van der Waals surface area contributed by atoms with Gasteiger partial charge in [0.2, 0.25) is 11.8 Å². The zero-order valence-corrected chi connectivity index (χ0v) is 9.97. The van der Waals surface area contributed by atoms with E-state index < -0.39 is 0 Å². The molecule has 88 valence electrons. The summed E-state index contributed by atoms with van der Waals surface area (Å²) in [5.74, 6) is 1.14. The lowest BCUT2D eigenvalue weighted by Crippen LogP contribution is -2.03. The van der Waals surface area contributed by atoms with Crippen LogP contribution in [0.25, 0.3) is 0 Å². The molecule has 0 aliphatic carbocycles. The molecule has 2 aromatic rings. The van der Waals surface area contributed by atoms with Gasteiger partial charge < -0.3 is 10.1 Å². The van der Waals surface area contributed by atoms with Crippen LogP contribution < -0.4 is 10.1 Å². The minimum atomic E-state index is 0.561. The second-order valence-electron chi connectivity index (χ2n) is 3.76. The maximum atomic E-state index is 5.03. The Hall–Kier alpha value is -2.10. The van der Waals surface area contributed by atoms with Gasteiger partial charge in [-0.3, -0.25) is 0 Å². The lowest BCUT2D eigenvalue weighted by molar-refractivity contribution is 0.397. The van der Waals surface area contributed by atoms with Crippen molar-refractivity contribution in [3.63, 3.8) is 0 Å². The lowest BCUT2D eigenvalue weighted by atomic mass is 10.1. The summed E-state index contributed by atoms with van der Waals surface area (Å²) in [5.41, 5.74) is 2.45. The molecule has 0 saturated carbocycles. The Labute approximate surface area is 101 Å². The summed E-state index contributed by atoms with van der Waals surface area (Å²) in [6.07, 6.45) is 1.67. The molecular weight excluding hydrogens is 214 g/mol. The van der Waals surface area contributed by atoms with Crippen LogP contribution in [-0.4, -0.2) is 17.1 Å². The van der Waals surface area contributed by atoms with Gasteiger partial charge in [-0.05, 0) is 12.5 Å². The molecular formula is C13H15N3O. The van der Waals surface area contributed by atoms with Crippen molar-refractivity contribution in [2.24, 2.45) is 0 Å². The molecule has 0 atom stereocenters. The molecule has 2 rings (SSSR count). The molecule has 0 bridgehead atoms. The number of anilines is 1. The van der Waals surface area contributed by atoms with Crippen LogP contribution in [0.1, 0.15) is 11.1 Å². The summed E-state index contributed by atoms with van der Waals surface area (Å²) >= 11 is 0. The summed E-state index contributed by atoms with van der Waals surface area (Å²) in [6.45, 7) is 2.77. The van der Waals surface area contributed by atoms with Gasteiger partial charge in [0.05, 0.1) is 7.11 Å². The third-order valence-corrected chi connectivity index (χ3v) is 2.41.